The Hall–Kier alpha value is -2.78. The van der Waals surface area contributed by atoms with Crippen LogP contribution < -0.4 is 0 Å². The van der Waals surface area contributed by atoms with Crippen LogP contribution in [0.3, 0.4) is 0 Å². The van der Waals surface area contributed by atoms with Gasteiger partial charge in [-0.05, 0) is 18.2 Å². The quantitative estimate of drug-likeness (QED) is 0.669. The number of hydrogen-bond donors (Lipinski definition) is 0. The number of benzene rings is 1. The molecule has 140 valence electrons. The van der Waals surface area contributed by atoms with Gasteiger partial charge in [0, 0.05) is 25.5 Å². The molecule has 2 aliphatic heterocycles. The van der Waals surface area contributed by atoms with Gasteiger partial charge in [-0.15, -0.1) is 0 Å². The Labute approximate surface area is 155 Å². The normalized spacial score (nSPS) is 23.5. The van der Waals surface area contributed by atoms with E-state index in [1.165, 1.54) is 4.80 Å². The van der Waals surface area contributed by atoms with Crippen LogP contribution in [0.4, 0.5) is 0 Å². The topological polar surface area (TPSA) is 87.3 Å². The number of nitrogens with zero attached hydrogens (tertiary/aromatic N) is 6. The standard InChI is InChI=1S/C18H20N6O3/c25-18(10-24-20-14-4-1-2-5-15(14)21-24)22-8-16-17(9-22)27-12-13(11-26-16)23-7-3-6-19-23/h1-7,13,16-17H,8-12H2/t16-,17-/m0/s1. The van der Waals surface area contributed by atoms with E-state index in [2.05, 4.69) is 15.3 Å². The molecule has 9 heteroatoms. The molecule has 2 aromatic heterocycles. The molecule has 2 aliphatic rings. The molecule has 0 radical (unpaired) electrons. The summed E-state index contributed by atoms with van der Waals surface area (Å²) in [4.78, 5) is 15.9. The van der Waals surface area contributed by atoms with Gasteiger partial charge in [0.1, 0.15) is 29.8 Å². The first-order valence-electron chi connectivity index (χ1n) is 9.06. The predicted molar refractivity (Wildman–Crippen MR) is 94.9 cm³/mol. The van der Waals surface area contributed by atoms with Crippen molar-refractivity contribution in [3.63, 3.8) is 0 Å². The summed E-state index contributed by atoms with van der Waals surface area (Å²) in [6.45, 7) is 2.21. The third kappa shape index (κ3) is 3.19. The number of ether oxygens (including phenoxy) is 2. The minimum absolute atomic E-state index is 0.0285. The van der Waals surface area contributed by atoms with Crippen molar-refractivity contribution in [1.29, 1.82) is 0 Å². The second kappa shape index (κ2) is 6.75. The van der Waals surface area contributed by atoms with Gasteiger partial charge in [0.05, 0.1) is 19.3 Å². The molecule has 5 rings (SSSR count). The fourth-order valence-corrected chi connectivity index (χ4v) is 3.63. The predicted octanol–water partition coefficient (Wildman–Crippen LogP) is 0.495. The molecular formula is C18H20N6O3. The summed E-state index contributed by atoms with van der Waals surface area (Å²) in [6, 6.07) is 9.53. The van der Waals surface area contributed by atoms with Crippen molar-refractivity contribution >= 4 is 16.9 Å². The Kier molecular flexibility index (Phi) is 4.10. The largest absolute Gasteiger partial charge is 0.371 e. The molecule has 0 N–H and O–H groups in total. The zero-order valence-corrected chi connectivity index (χ0v) is 14.7. The highest BCUT2D eigenvalue weighted by molar-refractivity contribution is 5.77. The van der Waals surface area contributed by atoms with E-state index in [0.29, 0.717) is 26.3 Å². The monoisotopic (exact) mass is 368 g/mol. The first-order chi connectivity index (χ1) is 13.3. The maximum absolute atomic E-state index is 12.7. The SMILES string of the molecule is O=C(Cn1nc2ccccc2n1)N1C[C@@H]2OCC(n3cccn3)CO[C@H]2C1. The van der Waals surface area contributed by atoms with E-state index in [1.807, 2.05) is 41.2 Å². The van der Waals surface area contributed by atoms with Crippen molar-refractivity contribution in [3.8, 4) is 0 Å². The number of amides is 1. The average Bonchev–Trinajstić information content (AvgIpc) is 3.39. The van der Waals surface area contributed by atoms with Crippen LogP contribution in [-0.2, 0) is 20.8 Å². The van der Waals surface area contributed by atoms with Crippen LogP contribution in [0.1, 0.15) is 6.04 Å². The summed E-state index contributed by atoms with van der Waals surface area (Å²) in [5, 5.41) is 13.0. The minimum atomic E-state index is -0.112. The molecule has 0 saturated carbocycles. The van der Waals surface area contributed by atoms with E-state index in [4.69, 9.17) is 9.47 Å². The maximum Gasteiger partial charge on any atom is 0.246 e. The number of aromatic nitrogens is 5. The Morgan fingerprint density at radius 3 is 2.30 bits per heavy atom. The Morgan fingerprint density at radius 2 is 1.70 bits per heavy atom. The zero-order valence-electron chi connectivity index (χ0n) is 14.7. The molecule has 2 saturated heterocycles. The second-order valence-corrected chi connectivity index (χ2v) is 6.90. The molecule has 2 fully saturated rings. The molecule has 9 nitrogen and oxygen atoms in total. The van der Waals surface area contributed by atoms with Crippen molar-refractivity contribution in [3.05, 3.63) is 42.7 Å². The molecule has 3 aromatic rings. The number of rotatable bonds is 3. The van der Waals surface area contributed by atoms with Crippen molar-refractivity contribution in [2.75, 3.05) is 26.3 Å². The first-order valence-corrected chi connectivity index (χ1v) is 9.06. The van der Waals surface area contributed by atoms with E-state index >= 15 is 0 Å². The Balaban J connectivity index is 1.21. The fourth-order valence-electron chi connectivity index (χ4n) is 3.63. The number of hydrogen-bond acceptors (Lipinski definition) is 6. The molecular weight excluding hydrogens is 348 g/mol. The zero-order chi connectivity index (χ0) is 18.2. The van der Waals surface area contributed by atoms with Crippen LogP contribution in [-0.4, -0.2) is 74.1 Å². The van der Waals surface area contributed by atoms with E-state index in [0.717, 1.165) is 11.0 Å². The van der Waals surface area contributed by atoms with Crippen LogP contribution in [0, 0.1) is 0 Å². The number of carbonyl (C=O) groups is 1. The van der Waals surface area contributed by atoms with Gasteiger partial charge in [-0.25, -0.2) is 0 Å². The molecule has 0 unspecified atom stereocenters. The molecule has 2 atom stereocenters. The van der Waals surface area contributed by atoms with E-state index < -0.39 is 0 Å². The van der Waals surface area contributed by atoms with E-state index in [1.54, 1.807) is 11.1 Å². The smallest absolute Gasteiger partial charge is 0.246 e. The first kappa shape index (κ1) is 16.4. The van der Waals surface area contributed by atoms with Crippen molar-refractivity contribution in [1.82, 2.24) is 29.7 Å². The van der Waals surface area contributed by atoms with Crippen molar-refractivity contribution < 1.29 is 14.3 Å². The highest BCUT2D eigenvalue weighted by Gasteiger charge is 2.39. The van der Waals surface area contributed by atoms with Gasteiger partial charge in [0.25, 0.3) is 0 Å². The summed E-state index contributed by atoms with van der Waals surface area (Å²) in [5.74, 6) is -0.0285. The third-order valence-corrected chi connectivity index (χ3v) is 5.08. The Morgan fingerprint density at radius 1 is 1.04 bits per heavy atom. The lowest BCUT2D eigenvalue weighted by molar-refractivity contribution is -0.132. The molecule has 1 amide bonds. The van der Waals surface area contributed by atoms with E-state index in [-0.39, 0.29) is 30.7 Å². The Bertz CT molecular complexity index is 891. The maximum atomic E-state index is 12.7. The van der Waals surface area contributed by atoms with Crippen molar-refractivity contribution in [2.45, 2.75) is 24.8 Å². The minimum Gasteiger partial charge on any atom is -0.371 e. The number of likely N-dealkylation sites (tertiary alicyclic amines) is 1. The lowest BCUT2D eigenvalue weighted by Gasteiger charge is -2.18. The number of carbonyl (C=O) groups excluding carboxylic acids is 1. The van der Waals surface area contributed by atoms with Gasteiger partial charge >= 0.3 is 0 Å². The summed E-state index contributed by atoms with van der Waals surface area (Å²) in [6.07, 6.45) is 3.44. The van der Waals surface area contributed by atoms with Crippen LogP contribution >= 0.6 is 0 Å². The summed E-state index contributed by atoms with van der Waals surface area (Å²) in [7, 11) is 0. The molecule has 27 heavy (non-hydrogen) atoms. The van der Waals surface area contributed by atoms with Crippen molar-refractivity contribution in [2.24, 2.45) is 0 Å². The number of fused-ring (bicyclic) bond motifs is 2. The van der Waals surface area contributed by atoms with Gasteiger partial charge in [0.15, 0.2) is 0 Å². The molecule has 4 heterocycles. The van der Waals surface area contributed by atoms with Gasteiger partial charge < -0.3 is 14.4 Å². The summed E-state index contributed by atoms with van der Waals surface area (Å²) < 4.78 is 13.9. The third-order valence-electron chi connectivity index (χ3n) is 5.08. The van der Waals surface area contributed by atoms with Crippen LogP contribution in [0.25, 0.3) is 11.0 Å². The van der Waals surface area contributed by atoms with Crippen LogP contribution in [0.2, 0.25) is 0 Å². The summed E-state index contributed by atoms with van der Waals surface area (Å²) >= 11 is 0. The molecule has 0 bridgehead atoms. The van der Waals surface area contributed by atoms with Gasteiger partial charge in [-0.1, -0.05) is 12.1 Å². The average molecular weight is 368 g/mol. The van der Waals surface area contributed by atoms with Gasteiger partial charge in [-0.2, -0.15) is 20.1 Å². The molecule has 0 spiro atoms. The van der Waals surface area contributed by atoms with E-state index in [9.17, 15) is 4.79 Å². The highest BCUT2D eigenvalue weighted by atomic mass is 16.6. The highest BCUT2D eigenvalue weighted by Crippen LogP contribution is 2.24. The second-order valence-electron chi connectivity index (χ2n) is 6.90. The summed E-state index contributed by atoms with van der Waals surface area (Å²) in [5.41, 5.74) is 1.57. The van der Waals surface area contributed by atoms with Crippen LogP contribution in [0.5, 0.6) is 0 Å². The molecule has 0 aliphatic carbocycles. The van der Waals surface area contributed by atoms with Crippen LogP contribution in [0.15, 0.2) is 42.7 Å². The fraction of sp³-hybridized carbons (Fsp3) is 0.444. The lowest BCUT2D eigenvalue weighted by Crippen LogP contribution is -2.34. The molecule has 1 aromatic carbocycles. The van der Waals surface area contributed by atoms with Gasteiger partial charge in [0.2, 0.25) is 5.91 Å². The lowest BCUT2D eigenvalue weighted by atomic mass is 10.3. The van der Waals surface area contributed by atoms with Gasteiger partial charge in [-0.3, -0.25) is 9.48 Å².